The third-order valence-electron chi connectivity index (χ3n) is 4.30. The Morgan fingerprint density at radius 1 is 1.26 bits per heavy atom. The summed E-state index contributed by atoms with van der Waals surface area (Å²) < 4.78 is 21.8. The highest BCUT2D eigenvalue weighted by atomic mass is 32.2. The highest BCUT2D eigenvalue weighted by Crippen LogP contribution is 2.29. The molecule has 0 bridgehead atoms. The van der Waals surface area contributed by atoms with Gasteiger partial charge < -0.3 is 14.6 Å². The van der Waals surface area contributed by atoms with Gasteiger partial charge in [0.15, 0.2) is 33.8 Å². The molecule has 0 aliphatic heterocycles. The minimum Gasteiger partial charge on any atom is -0.480 e. The fourth-order valence-electron chi connectivity index (χ4n) is 2.84. The summed E-state index contributed by atoms with van der Waals surface area (Å²) in [6, 6.07) is 6.27. The first-order chi connectivity index (χ1) is 14.7. The van der Waals surface area contributed by atoms with E-state index < -0.39 is 17.2 Å². The SMILES string of the molecule is Cc1csc(NC(=O)C(C)Sc2nnc(C(C)Oc3ccccc3F)n2CC(C)C)n1. The van der Waals surface area contributed by atoms with Crippen LogP contribution in [0.4, 0.5) is 9.52 Å². The molecule has 0 aliphatic carbocycles. The Labute approximate surface area is 189 Å². The fourth-order valence-corrected chi connectivity index (χ4v) is 4.39. The standard InChI is InChI=1S/C21H26FN5O2S2/c1-12(2)10-27-18(14(4)29-17-9-7-6-8-16(17)22)25-26-21(27)31-15(5)19(28)24-20-23-13(3)11-30-20/h6-9,11-12,14-15H,10H2,1-5H3,(H,23,24,28). The first kappa shape index (κ1) is 23.2. The van der Waals surface area contributed by atoms with Crippen LogP contribution in [0.3, 0.4) is 0 Å². The second-order valence-electron chi connectivity index (χ2n) is 7.58. The van der Waals surface area contributed by atoms with Crippen LogP contribution in [0.2, 0.25) is 0 Å². The van der Waals surface area contributed by atoms with Gasteiger partial charge in [0.1, 0.15) is 0 Å². The molecular formula is C21H26FN5O2S2. The molecule has 3 rings (SSSR count). The Hall–Kier alpha value is -2.46. The molecule has 2 aromatic heterocycles. The van der Waals surface area contributed by atoms with Crippen molar-refractivity contribution in [2.24, 2.45) is 5.92 Å². The van der Waals surface area contributed by atoms with Crippen LogP contribution < -0.4 is 10.1 Å². The van der Waals surface area contributed by atoms with Crippen molar-refractivity contribution in [1.82, 2.24) is 19.7 Å². The highest BCUT2D eigenvalue weighted by Gasteiger charge is 2.24. The Morgan fingerprint density at radius 3 is 2.65 bits per heavy atom. The molecular weight excluding hydrogens is 437 g/mol. The molecule has 1 amide bonds. The number of para-hydroxylation sites is 1. The van der Waals surface area contributed by atoms with Gasteiger partial charge in [0.05, 0.1) is 10.9 Å². The number of nitrogens with zero attached hydrogens (tertiary/aromatic N) is 4. The minimum atomic E-state index is -0.514. The number of aryl methyl sites for hydroxylation is 1. The van der Waals surface area contributed by atoms with E-state index in [0.29, 0.717) is 28.6 Å². The van der Waals surface area contributed by atoms with E-state index >= 15 is 0 Å². The first-order valence-corrected chi connectivity index (χ1v) is 11.7. The number of aromatic nitrogens is 4. The molecule has 0 spiro atoms. The predicted molar refractivity (Wildman–Crippen MR) is 121 cm³/mol. The lowest BCUT2D eigenvalue weighted by Crippen LogP contribution is -2.23. The summed E-state index contributed by atoms with van der Waals surface area (Å²) in [6.45, 7) is 10.3. The van der Waals surface area contributed by atoms with Gasteiger partial charge in [0.2, 0.25) is 5.91 Å². The number of hydrogen-bond donors (Lipinski definition) is 1. The van der Waals surface area contributed by atoms with Crippen molar-refractivity contribution in [1.29, 1.82) is 0 Å². The van der Waals surface area contributed by atoms with Gasteiger partial charge in [-0.05, 0) is 38.8 Å². The summed E-state index contributed by atoms with van der Waals surface area (Å²) in [5.74, 6) is 0.479. The first-order valence-electron chi connectivity index (χ1n) is 9.98. The van der Waals surface area contributed by atoms with Crippen LogP contribution in [0.5, 0.6) is 5.75 Å². The van der Waals surface area contributed by atoms with Gasteiger partial charge in [-0.1, -0.05) is 37.7 Å². The normalized spacial score (nSPS) is 13.3. The van der Waals surface area contributed by atoms with Crippen LogP contribution in [-0.2, 0) is 11.3 Å². The lowest BCUT2D eigenvalue weighted by Gasteiger charge is -2.18. The van der Waals surface area contributed by atoms with Crippen LogP contribution in [0.1, 0.15) is 45.3 Å². The number of carbonyl (C=O) groups is 1. The van der Waals surface area contributed by atoms with E-state index in [1.54, 1.807) is 18.2 Å². The van der Waals surface area contributed by atoms with Crippen LogP contribution in [0.25, 0.3) is 0 Å². The average Bonchev–Trinajstić information content (AvgIpc) is 3.29. The maximum Gasteiger partial charge on any atom is 0.239 e. The van der Waals surface area contributed by atoms with Crippen molar-refractivity contribution in [3.05, 3.63) is 47.0 Å². The van der Waals surface area contributed by atoms with Crippen molar-refractivity contribution in [2.75, 3.05) is 5.32 Å². The van der Waals surface area contributed by atoms with Crippen molar-refractivity contribution in [2.45, 2.75) is 57.7 Å². The molecule has 10 heteroatoms. The highest BCUT2D eigenvalue weighted by molar-refractivity contribution is 8.00. The quantitative estimate of drug-likeness (QED) is 0.445. The molecule has 166 valence electrons. The van der Waals surface area contributed by atoms with E-state index in [1.165, 1.54) is 29.2 Å². The molecule has 2 unspecified atom stereocenters. The van der Waals surface area contributed by atoms with Gasteiger partial charge in [-0.25, -0.2) is 9.37 Å². The molecule has 1 aromatic carbocycles. The third kappa shape index (κ3) is 6.04. The van der Waals surface area contributed by atoms with Crippen LogP contribution >= 0.6 is 23.1 Å². The number of carbonyl (C=O) groups excluding carboxylic acids is 1. The molecule has 3 aromatic rings. The number of thioether (sulfide) groups is 1. The summed E-state index contributed by atoms with van der Waals surface area (Å²) in [4.78, 5) is 16.9. The lowest BCUT2D eigenvalue weighted by molar-refractivity contribution is -0.115. The summed E-state index contributed by atoms with van der Waals surface area (Å²) in [5.41, 5.74) is 0.866. The molecule has 0 saturated carbocycles. The summed E-state index contributed by atoms with van der Waals surface area (Å²) in [7, 11) is 0. The maximum absolute atomic E-state index is 14.0. The minimum absolute atomic E-state index is 0.157. The lowest BCUT2D eigenvalue weighted by atomic mass is 10.2. The maximum atomic E-state index is 14.0. The fraction of sp³-hybridized carbons (Fsp3) is 0.429. The number of ether oxygens (including phenoxy) is 1. The van der Waals surface area contributed by atoms with E-state index in [-0.39, 0.29) is 11.7 Å². The zero-order valence-electron chi connectivity index (χ0n) is 18.1. The largest absolute Gasteiger partial charge is 0.480 e. The number of benzene rings is 1. The van der Waals surface area contributed by atoms with Crippen LogP contribution in [-0.4, -0.2) is 30.9 Å². The number of anilines is 1. The third-order valence-corrected chi connectivity index (χ3v) is 6.25. The number of rotatable bonds is 9. The number of thiazole rings is 1. The molecule has 0 fully saturated rings. The summed E-state index contributed by atoms with van der Waals surface area (Å²) >= 11 is 2.71. The number of hydrogen-bond acceptors (Lipinski definition) is 7. The zero-order valence-corrected chi connectivity index (χ0v) is 19.8. The molecule has 31 heavy (non-hydrogen) atoms. The summed E-state index contributed by atoms with van der Waals surface area (Å²) in [5, 5.41) is 14.1. The molecule has 0 saturated heterocycles. The van der Waals surface area contributed by atoms with E-state index in [9.17, 15) is 9.18 Å². The molecule has 2 heterocycles. The molecule has 7 nitrogen and oxygen atoms in total. The Kier molecular flexibility index (Phi) is 7.66. The Morgan fingerprint density at radius 2 is 2.00 bits per heavy atom. The Bertz CT molecular complexity index is 1040. The molecule has 2 atom stereocenters. The van der Waals surface area contributed by atoms with Gasteiger partial charge in [-0.15, -0.1) is 21.5 Å². The summed E-state index contributed by atoms with van der Waals surface area (Å²) in [6.07, 6.45) is -0.514. The monoisotopic (exact) mass is 463 g/mol. The van der Waals surface area contributed by atoms with Gasteiger partial charge in [-0.2, -0.15) is 0 Å². The molecule has 1 N–H and O–H groups in total. The van der Waals surface area contributed by atoms with E-state index in [1.807, 2.05) is 30.7 Å². The average molecular weight is 464 g/mol. The van der Waals surface area contributed by atoms with Crippen molar-refractivity contribution in [3.8, 4) is 5.75 Å². The van der Waals surface area contributed by atoms with Crippen LogP contribution in [0, 0.1) is 18.7 Å². The van der Waals surface area contributed by atoms with Crippen molar-refractivity contribution < 1.29 is 13.9 Å². The van der Waals surface area contributed by atoms with Gasteiger partial charge in [-0.3, -0.25) is 4.79 Å². The van der Waals surface area contributed by atoms with E-state index in [2.05, 4.69) is 34.3 Å². The second-order valence-corrected chi connectivity index (χ2v) is 9.75. The Balaban J connectivity index is 1.76. The number of nitrogens with one attached hydrogen (secondary N) is 1. The molecule has 0 aliphatic rings. The zero-order chi connectivity index (χ0) is 22.5. The van der Waals surface area contributed by atoms with Crippen LogP contribution in [0.15, 0.2) is 34.8 Å². The number of halogens is 1. The van der Waals surface area contributed by atoms with Gasteiger partial charge in [0.25, 0.3) is 0 Å². The molecule has 0 radical (unpaired) electrons. The van der Waals surface area contributed by atoms with Crippen molar-refractivity contribution in [3.63, 3.8) is 0 Å². The van der Waals surface area contributed by atoms with E-state index in [0.717, 1.165) is 5.69 Å². The topological polar surface area (TPSA) is 81.9 Å². The van der Waals surface area contributed by atoms with Crippen molar-refractivity contribution >= 4 is 34.1 Å². The second kappa shape index (κ2) is 10.2. The van der Waals surface area contributed by atoms with Gasteiger partial charge >= 0.3 is 0 Å². The predicted octanol–water partition coefficient (Wildman–Crippen LogP) is 5.10. The number of amides is 1. The van der Waals surface area contributed by atoms with Gasteiger partial charge in [0, 0.05) is 11.9 Å². The smallest absolute Gasteiger partial charge is 0.239 e. The van der Waals surface area contributed by atoms with E-state index in [4.69, 9.17) is 4.74 Å².